The number of rotatable bonds is 2. The number of aromatic nitrogens is 1. The maximum Gasteiger partial charge on any atom is 0.323 e. The van der Waals surface area contributed by atoms with Gasteiger partial charge in [-0.1, -0.05) is 23.2 Å². The molecule has 0 bridgehead atoms. The Labute approximate surface area is 119 Å². The first-order chi connectivity index (χ1) is 9.04. The molecule has 98 valence electrons. The molecule has 4 N–H and O–H groups in total. The summed E-state index contributed by atoms with van der Waals surface area (Å²) in [6.45, 7) is 0. The summed E-state index contributed by atoms with van der Waals surface area (Å²) in [6.07, 6.45) is 2.98. The molecule has 0 radical (unpaired) electrons. The third kappa shape index (κ3) is 3.74. The van der Waals surface area contributed by atoms with Crippen molar-refractivity contribution in [3.05, 3.63) is 46.7 Å². The summed E-state index contributed by atoms with van der Waals surface area (Å²) in [6, 6.07) is 5.90. The number of carbonyl (C=O) groups is 1. The van der Waals surface area contributed by atoms with Gasteiger partial charge < -0.3 is 16.4 Å². The van der Waals surface area contributed by atoms with E-state index in [1.165, 1.54) is 12.4 Å². The SMILES string of the molecule is Nc1cnccc1NC(=O)Nc1cc(Cl)cc(Cl)c1. The number of anilines is 3. The third-order valence-electron chi connectivity index (χ3n) is 2.22. The smallest absolute Gasteiger partial charge is 0.323 e. The summed E-state index contributed by atoms with van der Waals surface area (Å²) in [5.41, 5.74) is 7.00. The van der Waals surface area contributed by atoms with Gasteiger partial charge in [-0.3, -0.25) is 4.98 Å². The van der Waals surface area contributed by atoms with E-state index >= 15 is 0 Å². The molecule has 2 rings (SSSR count). The van der Waals surface area contributed by atoms with Crippen LogP contribution >= 0.6 is 23.2 Å². The molecule has 0 aliphatic heterocycles. The second-order valence-electron chi connectivity index (χ2n) is 3.70. The molecule has 0 saturated heterocycles. The standard InChI is InChI=1S/C12H10Cl2N4O/c13-7-3-8(14)5-9(4-7)17-12(19)18-11-1-2-16-6-10(11)15/h1-6H,15H2,(H2,16,17,18,19). The Morgan fingerprint density at radius 1 is 1.16 bits per heavy atom. The highest BCUT2D eigenvalue weighted by molar-refractivity contribution is 6.35. The van der Waals surface area contributed by atoms with Gasteiger partial charge in [0.25, 0.3) is 0 Å². The molecule has 0 fully saturated rings. The Morgan fingerprint density at radius 3 is 2.47 bits per heavy atom. The zero-order valence-corrected chi connectivity index (χ0v) is 11.2. The maximum absolute atomic E-state index is 11.8. The van der Waals surface area contributed by atoms with Gasteiger partial charge in [0.15, 0.2) is 0 Å². The second-order valence-corrected chi connectivity index (χ2v) is 4.57. The highest BCUT2D eigenvalue weighted by atomic mass is 35.5. The van der Waals surface area contributed by atoms with E-state index in [1.807, 2.05) is 0 Å². The van der Waals surface area contributed by atoms with E-state index in [9.17, 15) is 4.79 Å². The number of hydrogen-bond acceptors (Lipinski definition) is 3. The van der Waals surface area contributed by atoms with Crippen molar-refractivity contribution < 1.29 is 4.79 Å². The number of benzene rings is 1. The van der Waals surface area contributed by atoms with Gasteiger partial charge in [0.2, 0.25) is 0 Å². The molecule has 19 heavy (non-hydrogen) atoms. The average Bonchev–Trinajstić information content (AvgIpc) is 2.30. The summed E-state index contributed by atoms with van der Waals surface area (Å²) in [4.78, 5) is 15.6. The van der Waals surface area contributed by atoms with Crippen molar-refractivity contribution in [1.82, 2.24) is 4.98 Å². The minimum absolute atomic E-state index is 0.377. The summed E-state index contributed by atoms with van der Waals surface area (Å²) >= 11 is 11.7. The number of nitrogens with two attached hydrogens (primary N) is 1. The van der Waals surface area contributed by atoms with Gasteiger partial charge in [-0.25, -0.2) is 4.79 Å². The number of nitrogens with one attached hydrogen (secondary N) is 2. The van der Waals surface area contributed by atoms with E-state index in [0.29, 0.717) is 27.1 Å². The fraction of sp³-hybridized carbons (Fsp3) is 0. The van der Waals surface area contributed by atoms with Crippen LogP contribution in [0.15, 0.2) is 36.7 Å². The van der Waals surface area contributed by atoms with Crippen LogP contribution in [0.2, 0.25) is 10.0 Å². The minimum atomic E-state index is -0.448. The lowest BCUT2D eigenvalue weighted by Gasteiger charge is -2.09. The Balaban J connectivity index is 2.07. The summed E-state index contributed by atoms with van der Waals surface area (Å²) in [5, 5.41) is 6.07. The Bertz CT molecular complexity index is 598. The monoisotopic (exact) mass is 296 g/mol. The lowest BCUT2D eigenvalue weighted by atomic mass is 10.3. The van der Waals surface area contributed by atoms with Crippen LogP contribution in [0.1, 0.15) is 0 Å². The van der Waals surface area contributed by atoms with Crippen molar-refractivity contribution >= 4 is 46.3 Å². The summed E-state index contributed by atoms with van der Waals surface area (Å²) in [7, 11) is 0. The van der Waals surface area contributed by atoms with E-state index in [4.69, 9.17) is 28.9 Å². The first-order valence-corrected chi connectivity index (χ1v) is 6.04. The molecule has 5 nitrogen and oxygen atoms in total. The molecule has 1 aromatic heterocycles. The average molecular weight is 297 g/mol. The van der Waals surface area contributed by atoms with E-state index < -0.39 is 6.03 Å². The fourth-order valence-corrected chi connectivity index (χ4v) is 1.96. The molecule has 1 heterocycles. The number of halogens is 2. The molecule has 0 aliphatic carbocycles. The number of urea groups is 1. The van der Waals surface area contributed by atoms with Crippen LogP contribution in [0.4, 0.5) is 21.9 Å². The van der Waals surface area contributed by atoms with Crippen molar-refractivity contribution in [2.24, 2.45) is 0 Å². The van der Waals surface area contributed by atoms with E-state index in [-0.39, 0.29) is 0 Å². The molecule has 2 amide bonds. The summed E-state index contributed by atoms with van der Waals surface area (Å²) < 4.78 is 0. The second kappa shape index (κ2) is 5.77. The van der Waals surface area contributed by atoms with Gasteiger partial charge in [0, 0.05) is 21.9 Å². The number of pyridine rings is 1. The summed E-state index contributed by atoms with van der Waals surface area (Å²) in [5.74, 6) is 0. The molecular formula is C12H10Cl2N4O. The van der Waals surface area contributed by atoms with Crippen molar-refractivity contribution in [1.29, 1.82) is 0 Å². The van der Waals surface area contributed by atoms with Crippen molar-refractivity contribution in [2.75, 3.05) is 16.4 Å². The number of amides is 2. The van der Waals surface area contributed by atoms with Crippen LogP contribution in [0.25, 0.3) is 0 Å². The van der Waals surface area contributed by atoms with Crippen LogP contribution in [0.3, 0.4) is 0 Å². The normalized spacial score (nSPS) is 10.0. The largest absolute Gasteiger partial charge is 0.396 e. The van der Waals surface area contributed by atoms with E-state index in [1.54, 1.807) is 24.3 Å². The molecule has 7 heteroatoms. The maximum atomic E-state index is 11.8. The van der Waals surface area contributed by atoms with Crippen molar-refractivity contribution in [2.45, 2.75) is 0 Å². The number of carbonyl (C=O) groups excluding carboxylic acids is 1. The highest BCUT2D eigenvalue weighted by Gasteiger charge is 2.06. The van der Waals surface area contributed by atoms with E-state index in [0.717, 1.165) is 0 Å². The Morgan fingerprint density at radius 2 is 1.84 bits per heavy atom. The van der Waals surface area contributed by atoms with Gasteiger partial charge in [-0.2, -0.15) is 0 Å². The van der Waals surface area contributed by atoms with Crippen LogP contribution in [0, 0.1) is 0 Å². The minimum Gasteiger partial charge on any atom is -0.396 e. The third-order valence-corrected chi connectivity index (χ3v) is 2.66. The van der Waals surface area contributed by atoms with Crippen LogP contribution in [0.5, 0.6) is 0 Å². The zero-order valence-electron chi connectivity index (χ0n) is 9.65. The molecule has 0 atom stereocenters. The molecule has 1 aromatic carbocycles. The predicted octanol–water partition coefficient (Wildman–Crippen LogP) is 3.61. The lowest BCUT2D eigenvalue weighted by molar-refractivity contribution is 0.262. The fourth-order valence-electron chi connectivity index (χ4n) is 1.43. The van der Waals surface area contributed by atoms with Crippen LogP contribution in [-0.4, -0.2) is 11.0 Å². The molecule has 0 unspecified atom stereocenters. The molecular weight excluding hydrogens is 287 g/mol. The highest BCUT2D eigenvalue weighted by Crippen LogP contribution is 2.23. The first kappa shape index (κ1) is 13.5. The van der Waals surface area contributed by atoms with Gasteiger partial charge in [0.05, 0.1) is 17.6 Å². The molecule has 0 aliphatic rings. The number of hydrogen-bond donors (Lipinski definition) is 3. The van der Waals surface area contributed by atoms with Crippen molar-refractivity contribution in [3.8, 4) is 0 Å². The number of nitrogen functional groups attached to an aromatic ring is 1. The molecule has 0 saturated carbocycles. The van der Waals surface area contributed by atoms with Crippen LogP contribution in [-0.2, 0) is 0 Å². The number of nitrogens with zero attached hydrogens (tertiary/aromatic N) is 1. The lowest BCUT2D eigenvalue weighted by Crippen LogP contribution is -2.20. The van der Waals surface area contributed by atoms with E-state index in [2.05, 4.69) is 15.6 Å². The molecule has 2 aromatic rings. The van der Waals surface area contributed by atoms with Gasteiger partial charge in [-0.15, -0.1) is 0 Å². The Kier molecular flexibility index (Phi) is 4.09. The van der Waals surface area contributed by atoms with Gasteiger partial charge in [0.1, 0.15) is 0 Å². The zero-order chi connectivity index (χ0) is 13.8. The first-order valence-electron chi connectivity index (χ1n) is 5.28. The van der Waals surface area contributed by atoms with Crippen LogP contribution < -0.4 is 16.4 Å². The molecule has 0 spiro atoms. The Hall–Kier alpha value is -1.98. The van der Waals surface area contributed by atoms with Gasteiger partial charge in [-0.05, 0) is 24.3 Å². The van der Waals surface area contributed by atoms with Gasteiger partial charge >= 0.3 is 6.03 Å². The quantitative estimate of drug-likeness (QED) is 0.792. The predicted molar refractivity (Wildman–Crippen MR) is 77.8 cm³/mol. The van der Waals surface area contributed by atoms with Crippen molar-refractivity contribution in [3.63, 3.8) is 0 Å². The topological polar surface area (TPSA) is 80.0 Å².